The van der Waals surface area contributed by atoms with E-state index in [0.717, 1.165) is 13.0 Å². The van der Waals surface area contributed by atoms with Crippen LogP contribution < -0.4 is 5.32 Å². The Hall–Kier alpha value is -0.900. The van der Waals surface area contributed by atoms with Gasteiger partial charge in [-0.15, -0.1) is 0 Å². The SMILES string of the molecule is CC1(C)C[C@@H](O)[C@H](NCCc2ccccc2)CO1. The van der Waals surface area contributed by atoms with E-state index < -0.39 is 0 Å². The zero-order valence-electron chi connectivity index (χ0n) is 11.2. The van der Waals surface area contributed by atoms with Crippen molar-refractivity contribution in [1.82, 2.24) is 5.32 Å². The van der Waals surface area contributed by atoms with Crippen molar-refractivity contribution in [3.63, 3.8) is 0 Å². The van der Waals surface area contributed by atoms with E-state index in [4.69, 9.17) is 4.74 Å². The van der Waals surface area contributed by atoms with Crippen molar-refractivity contribution in [3.8, 4) is 0 Å². The lowest BCUT2D eigenvalue weighted by Crippen LogP contribution is -2.53. The minimum absolute atomic E-state index is 0.0572. The third-order valence-corrected chi connectivity index (χ3v) is 3.48. The fourth-order valence-electron chi connectivity index (χ4n) is 2.37. The summed E-state index contributed by atoms with van der Waals surface area (Å²) in [6.45, 7) is 5.51. The van der Waals surface area contributed by atoms with Crippen LogP contribution in [0.15, 0.2) is 30.3 Å². The normalized spacial score (nSPS) is 27.1. The molecule has 1 saturated heterocycles. The van der Waals surface area contributed by atoms with Crippen molar-refractivity contribution in [3.05, 3.63) is 35.9 Å². The van der Waals surface area contributed by atoms with E-state index in [2.05, 4.69) is 29.6 Å². The van der Waals surface area contributed by atoms with E-state index in [0.29, 0.717) is 13.0 Å². The van der Waals surface area contributed by atoms with Crippen LogP contribution in [-0.4, -0.2) is 36.0 Å². The molecule has 3 heteroatoms. The summed E-state index contributed by atoms with van der Waals surface area (Å²) in [5.74, 6) is 0. The molecule has 0 spiro atoms. The average Bonchev–Trinajstić information content (AvgIpc) is 2.33. The molecule has 1 aromatic carbocycles. The standard InChI is InChI=1S/C15H23NO2/c1-15(2)10-14(17)13(11-18-15)16-9-8-12-6-4-3-5-7-12/h3-7,13-14,16-17H,8-11H2,1-2H3/t13-,14-/m1/s1. The van der Waals surface area contributed by atoms with Gasteiger partial charge in [0.2, 0.25) is 0 Å². The molecule has 0 saturated carbocycles. The highest BCUT2D eigenvalue weighted by Gasteiger charge is 2.34. The second kappa shape index (κ2) is 5.83. The summed E-state index contributed by atoms with van der Waals surface area (Å²) >= 11 is 0. The third kappa shape index (κ3) is 3.80. The van der Waals surface area contributed by atoms with Crippen molar-refractivity contribution < 1.29 is 9.84 Å². The molecule has 3 nitrogen and oxygen atoms in total. The summed E-state index contributed by atoms with van der Waals surface area (Å²) in [6.07, 6.45) is 1.35. The summed E-state index contributed by atoms with van der Waals surface area (Å²) in [6, 6.07) is 10.4. The average molecular weight is 249 g/mol. The quantitative estimate of drug-likeness (QED) is 0.854. The van der Waals surface area contributed by atoms with Gasteiger partial charge in [-0.25, -0.2) is 0 Å². The molecule has 18 heavy (non-hydrogen) atoms. The minimum atomic E-state index is -0.315. The largest absolute Gasteiger partial charge is 0.391 e. The highest BCUT2D eigenvalue weighted by Crippen LogP contribution is 2.24. The lowest BCUT2D eigenvalue weighted by Gasteiger charge is -2.38. The number of rotatable bonds is 4. The first-order valence-corrected chi connectivity index (χ1v) is 6.66. The van der Waals surface area contributed by atoms with Crippen molar-refractivity contribution in [1.29, 1.82) is 0 Å². The molecule has 0 bridgehead atoms. The van der Waals surface area contributed by atoms with Crippen LogP contribution in [0.2, 0.25) is 0 Å². The molecule has 1 aliphatic rings. The first-order valence-electron chi connectivity index (χ1n) is 6.66. The molecule has 100 valence electrons. The fraction of sp³-hybridized carbons (Fsp3) is 0.600. The van der Waals surface area contributed by atoms with Crippen LogP contribution in [0.4, 0.5) is 0 Å². The van der Waals surface area contributed by atoms with Gasteiger partial charge in [0.05, 0.1) is 24.4 Å². The molecule has 0 amide bonds. The van der Waals surface area contributed by atoms with Crippen LogP contribution in [0.1, 0.15) is 25.8 Å². The predicted molar refractivity (Wildman–Crippen MR) is 72.6 cm³/mol. The molecule has 1 aliphatic heterocycles. The zero-order chi connectivity index (χ0) is 13.0. The van der Waals surface area contributed by atoms with E-state index in [1.54, 1.807) is 0 Å². The Balaban J connectivity index is 1.74. The fourth-order valence-corrected chi connectivity index (χ4v) is 2.37. The summed E-state index contributed by atoms with van der Waals surface area (Å²) in [7, 11) is 0. The van der Waals surface area contributed by atoms with E-state index >= 15 is 0 Å². The first kappa shape index (κ1) is 13.5. The second-order valence-electron chi connectivity index (χ2n) is 5.64. The molecule has 1 fully saturated rings. The molecule has 2 rings (SSSR count). The van der Waals surface area contributed by atoms with Crippen molar-refractivity contribution in [2.45, 2.75) is 44.4 Å². The number of benzene rings is 1. The van der Waals surface area contributed by atoms with Crippen LogP contribution in [0, 0.1) is 0 Å². The second-order valence-corrected chi connectivity index (χ2v) is 5.64. The van der Waals surface area contributed by atoms with Gasteiger partial charge in [0, 0.05) is 6.42 Å². The van der Waals surface area contributed by atoms with Crippen LogP contribution >= 0.6 is 0 Å². The maximum atomic E-state index is 10.1. The number of aliphatic hydroxyl groups is 1. The molecular weight excluding hydrogens is 226 g/mol. The maximum Gasteiger partial charge on any atom is 0.0743 e. The maximum absolute atomic E-state index is 10.1. The van der Waals surface area contributed by atoms with Crippen molar-refractivity contribution in [2.75, 3.05) is 13.2 Å². The molecule has 1 heterocycles. The lowest BCUT2D eigenvalue weighted by molar-refractivity contribution is -0.114. The van der Waals surface area contributed by atoms with Crippen molar-refractivity contribution >= 4 is 0 Å². The number of hydrogen-bond donors (Lipinski definition) is 2. The molecule has 0 aromatic heterocycles. The smallest absolute Gasteiger partial charge is 0.0743 e. The van der Waals surface area contributed by atoms with E-state index in [9.17, 15) is 5.11 Å². The Morgan fingerprint density at radius 2 is 2.06 bits per heavy atom. The Morgan fingerprint density at radius 3 is 2.72 bits per heavy atom. The van der Waals surface area contributed by atoms with Crippen LogP contribution in [0.3, 0.4) is 0 Å². The van der Waals surface area contributed by atoms with Gasteiger partial charge >= 0.3 is 0 Å². The molecule has 1 aromatic rings. The predicted octanol–water partition coefficient (Wildman–Crippen LogP) is 1.75. The van der Waals surface area contributed by atoms with Gasteiger partial charge in [0.25, 0.3) is 0 Å². The Labute approximate surface area is 109 Å². The van der Waals surface area contributed by atoms with Crippen LogP contribution in [0.25, 0.3) is 0 Å². The summed E-state index contributed by atoms with van der Waals surface area (Å²) in [5.41, 5.74) is 1.12. The molecule has 0 aliphatic carbocycles. The van der Waals surface area contributed by atoms with E-state index in [-0.39, 0.29) is 17.7 Å². The Morgan fingerprint density at radius 1 is 1.33 bits per heavy atom. The van der Waals surface area contributed by atoms with Crippen LogP contribution in [0.5, 0.6) is 0 Å². The van der Waals surface area contributed by atoms with E-state index in [1.807, 2.05) is 19.9 Å². The van der Waals surface area contributed by atoms with Crippen LogP contribution in [-0.2, 0) is 11.2 Å². The van der Waals surface area contributed by atoms with Gasteiger partial charge in [-0.05, 0) is 32.4 Å². The summed E-state index contributed by atoms with van der Waals surface area (Å²) in [5, 5.41) is 13.4. The topological polar surface area (TPSA) is 41.5 Å². The number of hydrogen-bond acceptors (Lipinski definition) is 3. The van der Waals surface area contributed by atoms with Crippen molar-refractivity contribution in [2.24, 2.45) is 0 Å². The monoisotopic (exact) mass is 249 g/mol. The Kier molecular flexibility index (Phi) is 4.38. The summed E-state index contributed by atoms with van der Waals surface area (Å²) in [4.78, 5) is 0. The zero-order valence-corrected chi connectivity index (χ0v) is 11.2. The molecule has 2 atom stereocenters. The lowest BCUT2D eigenvalue weighted by atomic mass is 9.93. The first-order chi connectivity index (χ1) is 8.57. The highest BCUT2D eigenvalue weighted by atomic mass is 16.5. The van der Waals surface area contributed by atoms with Gasteiger partial charge in [0.1, 0.15) is 0 Å². The summed E-state index contributed by atoms with van der Waals surface area (Å²) < 4.78 is 5.73. The number of nitrogens with one attached hydrogen (secondary N) is 1. The molecular formula is C15H23NO2. The van der Waals surface area contributed by atoms with Gasteiger partial charge in [-0.3, -0.25) is 0 Å². The minimum Gasteiger partial charge on any atom is -0.391 e. The van der Waals surface area contributed by atoms with Gasteiger partial charge < -0.3 is 15.2 Å². The van der Waals surface area contributed by atoms with Gasteiger partial charge in [-0.2, -0.15) is 0 Å². The molecule has 2 N–H and O–H groups in total. The van der Waals surface area contributed by atoms with Gasteiger partial charge in [-0.1, -0.05) is 30.3 Å². The molecule has 0 unspecified atom stereocenters. The number of aliphatic hydroxyl groups excluding tert-OH is 1. The molecule has 0 radical (unpaired) electrons. The highest BCUT2D eigenvalue weighted by molar-refractivity contribution is 5.14. The third-order valence-electron chi connectivity index (χ3n) is 3.48. The van der Waals surface area contributed by atoms with Gasteiger partial charge in [0.15, 0.2) is 0 Å². The number of ether oxygens (including phenoxy) is 1. The Bertz CT molecular complexity index is 364. The van der Waals surface area contributed by atoms with E-state index in [1.165, 1.54) is 5.56 Å².